The van der Waals surface area contributed by atoms with E-state index < -0.39 is 17.7 Å². The Balaban J connectivity index is 1.33. The second kappa shape index (κ2) is 11.9. The van der Waals surface area contributed by atoms with E-state index in [1.807, 2.05) is 69.8 Å². The summed E-state index contributed by atoms with van der Waals surface area (Å²) in [5, 5.41) is 18.0. The number of rotatable bonds is 7. The lowest BCUT2D eigenvalue weighted by Gasteiger charge is -2.43. The molecule has 2 aliphatic heterocycles. The normalized spacial score (nSPS) is 17.1. The van der Waals surface area contributed by atoms with Crippen molar-refractivity contribution in [2.24, 2.45) is 7.05 Å². The van der Waals surface area contributed by atoms with Crippen molar-refractivity contribution < 1.29 is 14.6 Å². The van der Waals surface area contributed by atoms with E-state index >= 15 is 0 Å². The van der Waals surface area contributed by atoms with Crippen LogP contribution < -0.4 is 4.90 Å². The molecule has 5 aromatic rings. The molecule has 2 saturated heterocycles. The molecule has 0 bridgehead atoms. The first-order chi connectivity index (χ1) is 22.0. The highest BCUT2D eigenvalue weighted by Crippen LogP contribution is 2.45. The molecule has 0 aliphatic carbocycles. The molecular weight excluding hydrogens is 618 g/mol. The Morgan fingerprint density at radius 3 is 2.37 bits per heavy atom. The standard InChI is InChI=1S/C36H40ClN5O3S/c1-21-19-27-32(30(22-7-10-24(37)11-8-22)29(21)31(35(43)44)45-36(2,3)4)46-34(38-27)23-9-12-28-26(20-23)33(39-40(28)5)42-17-13-25(14-18-42)41-15-6-16-41/h7-12,19-20,25,31H,6,13-18H2,1-5H3,(H,43,44)/t31-/m0/s1. The van der Waals surface area contributed by atoms with E-state index in [9.17, 15) is 9.90 Å². The van der Waals surface area contributed by atoms with Crippen molar-refractivity contribution in [2.45, 2.75) is 64.7 Å². The van der Waals surface area contributed by atoms with Gasteiger partial charge in [0.05, 0.1) is 21.3 Å². The molecule has 1 N–H and O–H groups in total. The van der Waals surface area contributed by atoms with Gasteiger partial charge in [-0.15, -0.1) is 11.3 Å². The van der Waals surface area contributed by atoms with Crippen LogP contribution in [0.15, 0.2) is 48.5 Å². The Hall–Kier alpha value is -3.50. The van der Waals surface area contributed by atoms with Gasteiger partial charge < -0.3 is 19.6 Å². The molecule has 1 atom stereocenters. The molecule has 8 nitrogen and oxygen atoms in total. The number of benzene rings is 3. The summed E-state index contributed by atoms with van der Waals surface area (Å²) in [4.78, 5) is 22.9. The molecule has 0 radical (unpaired) electrons. The van der Waals surface area contributed by atoms with E-state index in [4.69, 9.17) is 26.4 Å². The molecule has 0 unspecified atom stereocenters. The van der Waals surface area contributed by atoms with Crippen molar-refractivity contribution >= 4 is 55.8 Å². The lowest BCUT2D eigenvalue weighted by atomic mass is 9.91. The van der Waals surface area contributed by atoms with Crippen LogP contribution in [0.3, 0.4) is 0 Å². The van der Waals surface area contributed by atoms with Gasteiger partial charge in [-0.05, 0) is 108 Å². The summed E-state index contributed by atoms with van der Waals surface area (Å²) in [6.07, 6.45) is 2.51. The van der Waals surface area contributed by atoms with E-state index in [0.717, 1.165) is 67.3 Å². The number of aryl methyl sites for hydroxylation is 2. The number of anilines is 1. The van der Waals surface area contributed by atoms with Gasteiger partial charge >= 0.3 is 5.97 Å². The first kappa shape index (κ1) is 31.1. The fraction of sp³-hybridized carbons (Fsp3) is 0.417. The smallest absolute Gasteiger partial charge is 0.337 e. The van der Waals surface area contributed by atoms with E-state index in [-0.39, 0.29) is 0 Å². The first-order valence-corrected chi connectivity index (χ1v) is 17.2. The molecule has 3 aromatic carbocycles. The lowest BCUT2D eigenvalue weighted by Crippen LogP contribution is -2.50. The van der Waals surface area contributed by atoms with Gasteiger partial charge in [-0.1, -0.05) is 23.7 Å². The van der Waals surface area contributed by atoms with Gasteiger partial charge in [0.1, 0.15) is 5.01 Å². The maximum atomic E-state index is 12.7. The third-order valence-corrected chi connectivity index (χ3v) is 10.7. The first-order valence-electron chi connectivity index (χ1n) is 16.0. The molecule has 4 heterocycles. The van der Waals surface area contributed by atoms with Crippen LogP contribution >= 0.6 is 22.9 Å². The molecular formula is C36H40ClN5O3S. The lowest BCUT2D eigenvalue weighted by molar-refractivity contribution is -0.160. The number of fused-ring (bicyclic) bond motifs is 2. The number of carbonyl (C=O) groups is 1. The summed E-state index contributed by atoms with van der Waals surface area (Å²) in [5.74, 6) is 0.00641. The van der Waals surface area contributed by atoms with Crippen LogP contribution in [0.5, 0.6) is 0 Å². The third-order valence-electron chi connectivity index (χ3n) is 9.27. The fourth-order valence-electron chi connectivity index (χ4n) is 6.92. The van der Waals surface area contributed by atoms with Gasteiger partial charge in [0.25, 0.3) is 0 Å². The average molecular weight is 658 g/mol. The van der Waals surface area contributed by atoms with Gasteiger partial charge in [-0.2, -0.15) is 5.10 Å². The van der Waals surface area contributed by atoms with E-state index in [0.29, 0.717) is 16.6 Å². The van der Waals surface area contributed by atoms with Gasteiger partial charge in [0.2, 0.25) is 0 Å². The zero-order chi connectivity index (χ0) is 32.3. The van der Waals surface area contributed by atoms with Gasteiger partial charge in [-0.25, -0.2) is 9.78 Å². The number of piperidine rings is 1. The third kappa shape index (κ3) is 5.79. The van der Waals surface area contributed by atoms with Crippen molar-refractivity contribution in [3.05, 3.63) is 64.7 Å². The number of hydrogen-bond acceptors (Lipinski definition) is 7. The molecule has 2 fully saturated rings. The van der Waals surface area contributed by atoms with Crippen LogP contribution in [0.1, 0.15) is 57.3 Å². The van der Waals surface area contributed by atoms with E-state index in [1.54, 1.807) is 11.3 Å². The highest BCUT2D eigenvalue weighted by atomic mass is 35.5. The molecule has 2 aromatic heterocycles. The van der Waals surface area contributed by atoms with Crippen LogP contribution in [0.2, 0.25) is 5.02 Å². The number of aliphatic carboxylic acids is 1. The monoisotopic (exact) mass is 657 g/mol. The Morgan fingerprint density at radius 2 is 1.74 bits per heavy atom. The highest BCUT2D eigenvalue weighted by Gasteiger charge is 2.33. The molecule has 2 aliphatic rings. The Kier molecular flexibility index (Phi) is 8.08. The topological polar surface area (TPSA) is 83.7 Å². The van der Waals surface area contributed by atoms with Crippen LogP contribution in [0.4, 0.5) is 5.82 Å². The Bertz CT molecular complexity index is 1930. The molecule has 240 valence electrons. The maximum absolute atomic E-state index is 12.7. The quantitative estimate of drug-likeness (QED) is 0.189. The number of hydrogen-bond donors (Lipinski definition) is 1. The number of nitrogens with zero attached hydrogens (tertiary/aromatic N) is 5. The van der Waals surface area contributed by atoms with Gasteiger partial charge in [-0.3, -0.25) is 4.68 Å². The molecule has 0 saturated carbocycles. The Labute approximate surface area is 278 Å². The van der Waals surface area contributed by atoms with E-state index in [1.165, 1.54) is 32.4 Å². The Morgan fingerprint density at radius 1 is 1.04 bits per heavy atom. The summed E-state index contributed by atoms with van der Waals surface area (Å²) in [6.45, 7) is 12.1. The average Bonchev–Trinajstić information content (AvgIpc) is 3.55. The summed E-state index contributed by atoms with van der Waals surface area (Å²) in [7, 11) is 2.01. The number of thiazole rings is 1. The van der Waals surface area contributed by atoms with E-state index in [2.05, 4.69) is 28.0 Å². The zero-order valence-corrected chi connectivity index (χ0v) is 28.6. The number of halogens is 1. The van der Waals surface area contributed by atoms with Gasteiger partial charge in [0.15, 0.2) is 11.9 Å². The minimum Gasteiger partial charge on any atom is -0.479 e. The van der Waals surface area contributed by atoms with Crippen LogP contribution in [0, 0.1) is 6.92 Å². The SMILES string of the molecule is Cc1cc2nc(-c3ccc4c(c3)c(N3CCC(N5CCC5)CC3)nn4C)sc2c(-c2ccc(Cl)cc2)c1[C@H](OC(C)(C)C)C(=O)O. The second-order valence-corrected chi connectivity index (χ2v) is 15.0. The largest absolute Gasteiger partial charge is 0.479 e. The summed E-state index contributed by atoms with van der Waals surface area (Å²) < 4.78 is 9.08. The number of carboxylic acid groups (broad SMARTS) is 1. The number of aromatic nitrogens is 3. The zero-order valence-electron chi connectivity index (χ0n) is 27.0. The number of carboxylic acids is 1. The maximum Gasteiger partial charge on any atom is 0.337 e. The van der Waals surface area contributed by atoms with Crippen molar-refractivity contribution in [3.8, 4) is 21.7 Å². The predicted octanol–water partition coefficient (Wildman–Crippen LogP) is 8.09. The number of likely N-dealkylation sites (tertiary alicyclic amines) is 1. The van der Waals surface area contributed by atoms with Crippen LogP contribution in [-0.2, 0) is 16.6 Å². The predicted molar refractivity (Wildman–Crippen MR) is 187 cm³/mol. The molecule has 46 heavy (non-hydrogen) atoms. The summed E-state index contributed by atoms with van der Waals surface area (Å²) >= 11 is 7.86. The van der Waals surface area contributed by atoms with Crippen molar-refractivity contribution in [3.63, 3.8) is 0 Å². The molecule has 7 rings (SSSR count). The van der Waals surface area contributed by atoms with Crippen LogP contribution in [-0.4, -0.2) is 68.6 Å². The van der Waals surface area contributed by atoms with Crippen molar-refractivity contribution in [2.75, 3.05) is 31.1 Å². The number of ether oxygens (including phenoxy) is 1. The van der Waals surface area contributed by atoms with Crippen molar-refractivity contribution in [1.29, 1.82) is 0 Å². The van der Waals surface area contributed by atoms with Crippen LogP contribution in [0.25, 0.3) is 42.8 Å². The molecule has 0 amide bonds. The minimum absolute atomic E-state index is 0.616. The summed E-state index contributed by atoms with van der Waals surface area (Å²) in [5.41, 5.74) is 5.41. The second-order valence-electron chi connectivity index (χ2n) is 13.6. The minimum atomic E-state index is -1.15. The highest BCUT2D eigenvalue weighted by molar-refractivity contribution is 7.22. The summed E-state index contributed by atoms with van der Waals surface area (Å²) in [6, 6.07) is 16.7. The molecule has 10 heteroatoms. The van der Waals surface area contributed by atoms with Crippen molar-refractivity contribution in [1.82, 2.24) is 19.7 Å². The molecule has 0 spiro atoms. The fourth-order valence-corrected chi connectivity index (χ4v) is 8.17. The van der Waals surface area contributed by atoms with Gasteiger partial charge in [0, 0.05) is 53.3 Å².